The number of nitro groups is 1. The second kappa shape index (κ2) is 6.59. The van der Waals surface area contributed by atoms with Crippen LogP contribution in [-0.4, -0.2) is 11.0 Å². The van der Waals surface area contributed by atoms with Gasteiger partial charge in [0.05, 0.1) is 4.92 Å². The van der Waals surface area contributed by atoms with Gasteiger partial charge in [0.2, 0.25) is 0 Å². The van der Waals surface area contributed by atoms with Crippen LogP contribution in [0.25, 0.3) is 0 Å². The molecule has 4 nitrogen and oxygen atoms in total. The molecule has 0 heterocycles. The third-order valence-corrected chi connectivity index (χ3v) is 3.25. The van der Waals surface area contributed by atoms with Crippen LogP contribution < -0.4 is 5.32 Å². The van der Waals surface area contributed by atoms with Crippen molar-refractivity contribution in [3.8, 4) is 0 Å². The van der Waals surface area contributed by atoms with Gasteiger partial charge in [0, 0.05) is 17.1 Å². The van der Waals surface area contributed by atoms with E-state index in [2.05, 4.69) is 19.2 Å². The molecule has 0 aliphatic rings. The molecular weight excluding hydrogens is 252 g/mol. The van der Waals surface area contributed by atoms with E-state index in [9.17, 15) is 10.1 Å². The molecule has 0 saturated carbocycles. The van der Waals surface area contributed by atoms with Gasteiger partial charge in [0.25, 0.3) is 5.69 Å². The summed E-state index contributed by atoms with van der Waals surface area (Å²) < 4.78 is 0. The number of hydrogen-bond acceptors (Lipinski definition) is 3. The molecule has 0 amide bonds. The minimum atomic E-state index is -0.394. The highest BCUT2D eigenvalue weighted by molar-refractivity contribution is 6.31. The fourth-order valence-corrected chi connectivity index (χ4v) is 2.05. The van der Waals surface area contributed by atoms with Crippen LogP contribution in [0.3, 0.4) is 0 Å². The molecule has 5 heteroatoms. The lowest BCUT2D eigenvalue weighted by molar-refractivity contribution is -0.384. The van der Waals surface area contributed by atoms with Crippen molar-refractivity contribution in [2.75, 3.05) is 5.32 Å². The first kappa shape index (κ1) is 14.8. The zero-order valence-electron chi connectivity index (χ0n) is 10.9. The van der Waals surface area contributed by atoms with Gasteiger partial charge in [-0.25, -0.2) is 0 Å². The average Bonchev–Trinajstić information content (AvgIpc) is 2.28. The van der Waals surface area contributed by atoms with Crippen LogP contribution in [0, 0.1) is 16.0 Å². The first-order chi connectivity index (χ1) is 8.43. The standard InChI is InChI=1S/C13H19ClN2O2/c1-4-9(2)7-10(3)15-12-8-11(14)5-6-13(12)16(17)18/h5-6,8-10,15H,4,7H2,1-3H3. The summed E-state index contributed by atoms with van der Waals surface area (Å²) in [6.07, 6.45) is 2.07. The molecule has 1 aromatic rings. The van der Waals surface area contributed by atoms with Gasteiger partial charge >= 0.3 is 0 Å². The molecule has 0 bridgehead atoms. The summed E-state index contributed by atoms with van der Waals surface area (Å²) in [7, 11) is 0. The first-order valence-corrected chi connectivity index (χ1v) is 6.52. The van der Waals surface area contributed by atoms with E-state index in [4.69, 9.17) is 11.6 Å². The Balaban J connectivity index is 2.82. The maximum Gasteiger partial charge on any atom is 0.292 e. The Morgan fingerprint density at radius 1 is 1.44 bits per heavy atom. The average molecular weight is 271 g/mol. The monoisotopic (exact) mass is 270 g/mol. The van der Waals surface area contributed by atoms with Crippen molar-refractivity contribution in [1.82, 2.24) is 0 Å². The number of nitro benzene ring substituents is 1. The molecule has 100 valence electrons. The minimum absolute atomic E-state index is 0.0652. The van der Waals surface area contributed by atoms with Gasteiger partial charge in [-0.3, -0.25) is 10.1 Å². The van der Waals surface area contributed by atoms with E-state index < -0.39 is 4.92 Å². The largest absolute Gasteiger partial charge is 0.377 e. The first-order valence-electron chi connectivity index (χ1n) is 6.14. The Morgan fingerprint density at radius 3 is 2.67 bits per heavy atom. The van der Waals surface area contributed by atoms with Gasteiger partial charge in [-0.15, -0.1) is 0 Å². The molecule has 0 aliphatic heterocycles. The minimum Gasteiger partial charge on any atom is -0.377 e. The molecule has 1 N–H and O–H groups in total. The lowest BCUT2D eigenvalue weighted by Crippen LogP contribution is -2.18. The number of anilines is 1. The number of halogens is 1. The van der Waals surface area contributed by atoms with Crippen molar-refractivity contribution in [2.24, 2.45) is 5.92 Å². The summed E-state index contributed by atoms with van der Waals surface area (Å²) in [4.78, 5) is 10.5. The lowest BCUT2D eigenvalue weighted by Gasteiger charge is -2.18. The van der Waals surface area contributed by atoms with Gasteiger partial charge in [-0.2, -0.15) is 0 Å². The fraction of sp³-hybridized carbons (Fsp3) is 0.538. The highest BCUT2D eigenvalue weighted by Crippen LogP contribution is 2.29. The summed E-state index contributed by atoms with van der Waals surface area (Å²) in [6, 6.07) is 4.74. The van der Waals surface area contributed by atoms with Crippen molar-refractivity contribution >= 4 is 23.0 Å². The Bertz CT molecular complexity index is 423. The lowest BCUT2D eigenvalue weighted by atomic mass is 10.00. The second-order valence-corrected chi connectivity index (χ2v) is 5.15. The number of rotatable bonds is 6. The molecule has 0 aromatic heterocycles. The predicted octanol–water partition coefficient (Wildman–Crippen LogP) is 4.48. The highest BCUT2D eigenvalue weighted by atomic mass is 35.5. The smallest absolute Gasteiger partial charge is 0.292 e. The van der Waals surface area contributed by atoms with Gasteiger partial charge in [-0.1, -0.05) is 31.9 Å². The Kier molecular flexibility index (Phi) is 5.41. The van der Waals surface area contributed by atoms with E-state index in [-0.39, 0.29) is 11.7 Å². The molecule has 1 rings (SSSR count). The van der Waals surface area contributed by atoms with E-state index in [1.807, 2.05) is 6.92 Å². The van der Waals surface area contributed by atoms with Crippen LogP contribution in [0.2, 0.25) is 5.02 Å². The van der Waals surface area contributed by atoms with Crippen LogP contribution in [0.4, 0.5) is 11.4 Å². The summed E-state index contributed by atoms with van der Waals surface area (Å²) in [5.41, 5.74) is 0.554. The molecule has 0 fully saturated rings. The zero-order valence-corrected chi connectivity index (χ0v) is 11.7. The maximum atomic E-state index is 10.9. The van der Waals surface area contributed by atoms with E-state index in [0.717, 1.165) is 12.8 Å². The van der Waals surface area contributed by atoms with Crippen molar-refractivity contribution in [2.45, 2.75) is 39.7 Å². The van der Waals surface area contributed by atoms with Crippen LogP contribution in [0.1, 0.15) is 33.6 Å². The molecular formula is C13H19ClN2O2. The van der Waals surface area contributed by atoms with Crippen molar-refractivity contribution in [3.63, 3.8) is 0 Å². The Morgan fingerprint density at radius 2 is 2.11 bits per heavy atom. The van der Waals surface area contributed by atoms with E-state index >= 15 is 0 Å². The molecule has 18 heavy (non-hydrogen) atoms. The van der Waals surface area contributed by atoms with E-state index in [1.165, 1.54) is 12.1 Å². The van der Waals surface area contributed by atoms with Crippen LogP contribution in [0.15, 0.2) is 18.2 Å². The summed E-state index contributed by atoms with van der Waals surface area (Å²) in [5.74, 6) is 0.589. The van der Waals surface area contributed by atoms with E-state index in [1.54, 1.807) is 6.07 Å². The van der Waals surface area contributed by atoms with Crippen molar-refractivity contribution < 1.29 is 4.92 Å². The zero-order chi connectivity index (χ0) is 13.7. The van der Waals surface area contributed by atoms with Gasteiger partial charge < -0.3 is 5.32 Å². The normalized spacial score (nSPS) is 14.0. The number of nitrogens with zero attached hydrogens (tertiary/aromatic N) is 1. The van der Waals surface area contributed by atoms with Gasteiger partial charge in [0.1, 0.15) is 5.69 Å². The fourth-order valence-electron chi connectivity index (χ4n) is 1.88. The Hall–Kier alpha value is -1.29. The predicted molar refractivity (Wildman–Crippen MR) is 75.3 cm³/mol. The SMILES string of the molecule is CCC(C)CC(C)Nc1cc(Cl)ccc1[N+](=O)[O-]. The molecule has 2 atom stereocenters. The molecule has 0 radical (unpaired) electrons. The summed E-state index contributed by atoms with van der Waals surface area (Å²) in [5, 5.41) is 14.6. The molecule has 0 aliphatic carbocycles. The Labute approximate surface area is 112 Å². The highest BCUT2D eigenvalue weighted by Gasteiger charge is 2.16. The van der Waals surface area contributed by atoms with E-state index in [0.29, 0.717) is 16.6 Å². The molecule has 2 unspecified atom stereocenters. The van der Waals surface area contributed by atoms with Crippen LogP contribution in [-0.2, 0) is 0 Å². The quantitative estimate of drug-likeness (QED) is 0.612. The molecule has 0 saturated heterocycles. The third-order valence-electron chi connectivity index (χ3n) is 3.01. The summed E-state index contributed by atoms with van der Waals surface area (Å²) >= 11 is 5.88. The third kappa shape index (κ3) is 4.18. The van der Waals surface area contributed by atoms with Gasteiger partial charge in [-0.05, 0) is 31.4 Å². The van der Waals surface area contributed by atoms with Crippen LogP contribution >= 0.6 is 11.6 Å². The molecule has 0 spiro atoms. The molecule has 1 aromatic carbocycles. The number of nitrogens with one attached hydrogen (secondary N) is 1. The topological polar surface area (TPSA) is 55.2 Å². The summed E-state index contributed by atoms with van der Waals surface area (Å²) in [6.45, 7) is 6.33. The van der Waals surface area contributed by atoms with Crippen molar-refractivity contribution in [3.05, 3.63) is 33.3 Å². The maximum absolute atomic E-state index is 10.9. The number of benzene rings is 1. The number of hydrogen-bond donors (Lipinski definition) is 1. The van der Waals surface area contributed by atoms with Crippen LogP contribution in [0.5, 0.6) is 0 Å². The van der Waals surface area contributed by atoms with Gasteiger partial charge in [0.15, 0.2) is 0 Å². The second-order valence-electron chi connectivity index (χ2n) is 4.71. The van der Waals surface area contributed by atoms with Crippen molar-refractivity contribution in [1.29, 1.82) is 0 Å².